The molecule has 1 heterocycles. The Labute approximate surface area is 160 Å². The van der Waals surface area contributed by atoms with Gasteiger partial charge in [-0.3, -0.25) is 0 Å². The van der Waals surface area contributed by atoms with Crippen LogP contribution in [0.1, 0.15) is 24.0 Å². The van der Waals surface area contributed by atoms with E-state index in [0.29, 0.717) is 6.54 Å². The fourth-order valence-corrected chi connectivity index (χ4v) is 3.63. The summed E-state index contributed by atoms with van der Waals surface area (Å²) < 4.78 is 16.7. The molecule has 0 unspecified atom stereocenters. The van der Waals surface area contributed by atoms with Crippen molar-refractivity contribution in [3.8, 4) is 28.5 Å². The van der Waals surface area contributed by atoms with Gasteiger partial charge in [-0.2, -0.15) is 0 Å². The number of unbranched alkanes of at least 4 members (excludes halogenated alkanes) is 1. The minimum absolute atomic E-state index is 0.697. The van der Waals surface area contributed by atoms with E-state index in [4.69, 9.17) is 19.9 Å². The lowest BCUT2D eigenvalue weighted by atomic mass is 9.98. The van der Waals surface area contributed by atoms with Crippen LogP contribution in [-0.4, -0.2) is 32.9 Å². The van der Waals surface area contributed by atoms with E-state index in [9.17, 15) is 0 Å². The summed E-state index contributed by atoms with van der Waals surface area (Å²) in [5.74, 6) is 2.32. The van der Waals surface area contributed by atoms with Gasteiger partial charge in [0, 0.05) is 16.5 Å². The molecule has 0 bridgehead atoms. The van der Waals surface area contributed by atoms with Crippen LogP contribution in [0.2, 0.25) is 0 Å². The number of rotatable bonds is 8. The van der Waals surface area contributed by atoms with Gasteiger partial charge in [0.1, 0.15) is 5.75 Å². The van der Waals surface area contributed by atoms with E-state index in [0.717, 1.165) is 58.8 Å². The number of ether oxygens (including phenoxy) is 3. The Balaban J connectivity index is 2.26. The molecule has 5 heteroatoms. The largest absolute Gasteiger partial charge is 0.497 e. The number of fused-ring (bicyclic) bond motifs is 1. The van der Waals surface area contributed by atoms with Crippen molar-refractivity contribution in [2.24, 2.45) is 5.73 Å². The Morgan fingerprint density at radius 1 is 1.00 bits per heavy atom. The predicted octanol–water partition coefficient (Wildman–Crippen LogP) is 4.45. The molecule has 0 fully saturated rings. The van der Waals surface area contributed by atoms with Crippen LogP contribution >= 0.6 is 0 Å². The number of para-hydroxylation sites is 1. The molecule has 0 aliphatic carbocycles. The van der Waals surface area contributed by atoms with E-state index in [1.54, 1.807) is 21.3 Å². The highest BCUT2D eigenvalue weighted by Crippen LogP contribution is 2.42. The highest BCUT2D eigenvalue weighted by molar-refractivity contribution is 5.95. The number of methoxy groups -OCH3 is 3. The Kier molecular flexibility index (Phi) is 5.91. The van der Waals surface area contributed by atoms with Gasteiger partial charge in [0.15, 0.2) is 11.5 Å². The van der Waals surface area contributed by atoms with E-state index in [1.807, 2.05) is 12.1 Å². The van der Waals surface area contributed by atoms with Gasteiger partial charge in [-0.1, -0.05) is 6.07 Å². The second-order valence-electron chi connectivity index (χ2n) is 6.63. The molecule has 0 saturated carbocycles. The van der Waals surface area contributed by atoms with Crippen molar-refractivity contribution in [3.63, 3.8) is 0 Å². The maximum atomic E-state index is 5.72. The summed E-state index contributed by atoms with van der Waals surface area (Å²) in [6.07, 6.45) is 2.95. The highest BCUT2D eigenvalue weighted by atomic mass is 16.5. The zero-order valence-electron chi connectivity index (χ0n) is 16.5. The van der Waals surface area contributed by atoms with Crippen molar-refractivity contribution >= 4 is 10.9 Å². The fourth-order valence-electron chi connectivity index (χ4n) is 3.63. The van der Waals surface area contributed by atoms with Crippen LogP contribution < -0.4 is 19.9 Å². The van der Waals surface area contributed by atoms with Crippen molar-refractivity contribution in [1.82, 2.24) is 4.98 Å². The lowest BCUT2D eigenvalue weighted by molar-refractivity contribution is 0.356. The smallest absolute Gasteiger partial charge is 0.170 e. The predicted molar refractivity (Wildman–Crippen MR) is 110 cm³/mol. The molecule has 2 aromatic carbocycles. The molecule has 0 aliphatic heterocycles. The first-order chi connectivity index (χ1) is 13.1. The van der Waals surface area contributed by atoms with E-state index in [1.165, 1.54) is 10.9 Å². The molecule has 1 aromatic heterocycles. The van der Waals surface area contributed by atoms with Crippen LogP contribution in [0.3, 0.4) is 0 Å². The quantitative estimate of drug-likeness (QED) is 0.576. The molecule has 27 heavy (non-hydrogen) atoms. The molecule has 3 rings (SSSR count). The van der Waals surface area contributed by atoms with Gasteiger partial charge in [-0.05, 0) is 68.1 Å². The SMILES string of the molecule is COc1cc(C)c2[nH]c(-c3cccc(OC)c3OC)c(CCCCN)c2c1. The summed E-state index contributed by atoms with van der Waals surface area (Å²) in [6, 6.07) is 10.1. The molecule has 0 aliphatic rings. The number of aromatic amines is 1. The maximum Gasteiger partial charge on any atom is 0.170 e. The molecular weight excluding hydrogens is 340 g/mol. The average molecular weight is 368 g/mol. The third kappa shape index (κ3) is 3.60. The Hall–Kier alpha value is -2.66. The molecule has 144 valence electrons. The number of benzene rings is 2. The van der Waals surface area contributed by atoms with Crippen molar-refractivity contribution in [3.05, 3.63) is 41.5 Å². The van der Waals surface area contributed by atoms with Gasteiger partial charge in [-0.15, -0.1) is 0 Å². The van der Waals surface area contributed by atoms with Crippen LogP contribution in [0.25, 0.3) is 22.2 Å². The molecular formula is C22H28N2O3. The van der Waals surface area contributed by atoms with E-state index >= 15 is 0 Å². The van der Waals surface area contributed by atoms with Gasteiger partial charge in [0.25, 0.3) is 0 Å². The monoisotopic (exact) mass is 368 g/mol. The number of hydrogen-bond donors (Lipinski definition) is 2. The summed E-state index contributed by atoms with van der Waals surface area (Å²) in [4.78, 5) is 3.63. The van der Waals surface area contributed by atoms with Gasteiger partial charge in [-0.25, -0.2) is 0 Å². The Bertz CT molecular complexity index is 931. The maximum absolute atomic E-state index is 5.72. The van der Waals surface area contributed by atoms with Gasteiger partial charge < -0.3 is 24.9 Å². The first kappa shape index (κ1) is 19.1. The van der Waals surface area contributed by atoms with Crippen LogP contribution in [-0.2, 0) is 6.42 Å². The third-order valence-corrected chi connectivity index (χ3v) is 4.97. The summed E-state index contributed by atoms with van der Waals surface area (Å²) in [5.41, 5.74) is 11.3. The van der Waals surface area contributed by atoms with Crippen molar-refractivity contribution in [2.45, 2.75) is 26.2 Å². The topological polar surface area (TPSA) is 69.5 Å². The van der Waals surface area contributed by atoms with E-state index in [2.05, 4.69) is 30.1 Å². The van der Waals surface area contributed by atoms with Crippen LogP contribution in [0, 0.1) is 6.92 Å². The standard InChI is InChI=1S/C22H28N2O3/c1-14-12-15(25-2)13-18-16(8-5-6-11-23)21(24-20(14)18)17-9-7-10-19(26-3)22(17)27-4/h7,9-10,12-13,24H,5-6,8,11,23H2,1-4H3. The molecule has 5 nitrogen and oxygen atoms in total. The normalized spacial score (nSPS) is 11.0. The number of hydrogen-bond acceptors (Lipinski definition) is 4. The second-order valence-corrected chi connectivity index (χ2v) is 6.63. The summed E-state index contributed by atoms with van der Waals surface area (Å²) in [5, 5.41) is 1.18. The van der Waals surface area contributed by atoms with Crippen LogP contribution in [0.15, 0.2) is 30.3 Å². The summed E-state index contributed by atoms with van der Waals surface area (Å²) >= 11 is 0. The molecule has 0 radical (unpaired) electrons. The fraction of sp³-hybridized carbons (Fsp3) is 0.364. The second kappa shape index (κ2) is 8.35. The Morgan fingerprint density at radius 3 is 2.48 bits per heavy atom. The van der Waals surface area contributed by atoms with E-state index in [-0.39, 0.29) is 0 Å². The lowest BCUT2D eigenvalue weighted by Gasteiger charge is -2.13. The van der Waals surface area contributed by atoms with Crippen LogP contribution in [0.4, 0.5) is 0 Å². The highest BCUT2D eigenvalue weighted by Gasteiger charge is 2.20. The lowest BCUT2D eigenvalue weighted by Crippen LogP contribution is -2.00. The summed E-state index contributed by atoms with van der Waals surface area (Å²) in [6.45, 7) is 2.79. The number of aryl methyl sites for hydroxylation is 2. The number of H-pyrrole nitrogens is 1. The number of nitrogens with one attached hydrogen (secondary N) is 1. The first-order valence-electron chi connectivity index (χ1n) is 9.25. The number of aromatic nitrogens is 1. The minimum Gasteiger partial charge on any atom is -0.497 e. The van der Waals surface area contributed by atoms with Gasteiger partial charge in [0.2, 0.25) is 0 Å². The molecule has 0 spiro atoms. The zero-order chi connectivity index (χ0) is 19.4. The Morgan fingerprint density at radius 2 is 1.81 bits per heavy atom. The minimum atomic E-state index is 0.697. The third-order valence-electron chi connectivity index (χ3n) is 4.97. The summed E-state index contributed by atoms with van der Waals surface area (Å²) in [7, 11) is 5.03. The molecule has 3 N–H and O–H groups in total. The van der Waals surface area contributed by atoms with Gasteiger partial charge in [0.05, 0.1) is 27.0 Å². The number of nitrogens with two attached hydrogens (primary N) is 1. The van der Waals surface area contributed by atoms with Gasteiger partial charge >= 0.3 is 0 Å². The molecule has 3 aromatic rings. The molecule has 0 amide bonds. The molecule has 0 atom stereocenters. The van der Waals surface area contributed by atoms with E-state index < -0.39 is 0 Å². The van der Waals surface area contributed by atoms with Crippen molar-refractivity contribution in [2.75, 3.05) is 27.9 Å². The molecule has 0 saturated heterocycles. The first-order valence-corrected chi connectivity index (χ1v) is 9.25. The van der Waals surface area contributed by atoms with Crippen LogP contribution in [0.5, 0.6) is 17.2 Å². The van der Waals surface area contributed by atoms with Crippen molar-refractivity contribution in [1.29, 1.82) is 0 Å². The average Bonchev–Trinajstić information content (AvgIpc) is 3.06. The van der Waals surface area contributed by atoms with Crippen molar-refractivity contribution < 1.29 is 14.2 Å². The zero-order valence-corrected chi connectivity index (χ0v) is 16.5.